The Morgan fingerprint density at radius 2 is 1.62 bits per heavy atom. The number of rotatable bonds is 7. The van der Waals surface area contributed by atoms with Crippen molar-refractivity contribution in [1.82, 2.24) is 10.0 Å². The lowest BCUT2D eigenvalue weighted by molar-refractivity contribution is -0.118. The molecule has 2 N–H and O–H groups in total. The Hall–Kier alpha value is -1.45. The number of nitrogens with one attached hydrogen (secondary N) is 2. The van der Waals surface area contributed by atoms with Crippen molar-refractivity contribution in [2.24, 2.45) is 5.92 Å². The molecular weight excluding hydrogens is 376 g/mol. The van der Waals surface area contributed by atoms with E-state index in [1.54, 1.807) is 12.1 Å². The van der Waals surface area contributed by atoms with Crippen LogP contribution in [0, 0.1) is 5.92 Å². The average Bonchev–Trinajstić information content (AvgIpc) is 2.54. The van der Waals surface area contributed by atoms with Crippen LogP contribution in [0.25, 0.3) is 0 Å². The molecule has 7 nitrogen and oxygen atoms in total. The first-order valence-corrected chi connectivity index (χ1v) is 12.2. The number of sulfonamides is 1. The summed E-state index contributed by atoms with van der Waals surface area (Å²) in [4.78, 5) is 12.1. The van der Waals surface area contributed by atoms with E-state index in [9.17, 15) is 21.6 Å². The molecule has 1 aliphatic rings. The summed E-state index contributed by atoms with van der Waals surface area (Å²) in [7, 11) is -6.94. The van der Waals surface area contributed by atoms with Crippen LogP contribution in [0.15, 0.2) is 29.2 Å². The van der Waals surface area contributed by atoms with Crippen molar-refractivity contribution < 1.29 is 21.6 Å². The minimum atomic E-state index is -3.67. The van der Waals surface area contributed by atoms with Crippen molar-refractivity contribution >= 4 is 25.8 Å². The minimum Gasteiger partial charge on any atom is -0.351 e. The van der Waals surface area contributed by atoms with Crippen LogP contribution in [0.4, 0.5) is 0 Å². The molecule has 0 radical (unpaired) electrons. The molecule has 1 aromatic carbocycles. The van der Waals surface area contributed by atoms with Gasteiger partial charge in [-0.2, -0.15) is 0 Å². The van der Waals surface area contributed by atoms with Crippen LogP contribution in [0.1, 0.15) is 38.2 Å². The molecule has 2 rings (SSSR count). The maximum absolute atomic E-state index is 12.1. The molecule has 0 heterocycles. The van der Waals surface area contributed by atoms with Gasteiger partial charge in [0.15, 0.2) is 9.84 Å². The Balaban J connectivity index is 1.82. The lowest BCUT2D eigenvalue weighted by Gasteiger charge is -2.26. The zero-order valence-corrected chi connectivity index (χ0v) is 16.7. The third kappa shape index (κ3) is 6.69. The third-order valence-corrected chi connectivity index (χ3v) is 6.99. The molecule has 146 valence electrons. The second-order valence-electron chi connectivity index (χ2n) is 7.03. The van der Waals surface area contributed by atoms with Crippen molar-refractivity contribution in [3.05, 3.63) is 29.8 Å². The molecule has 0 aliphatic heterocycles. The number of carbonyl (C=O) groups is 1. The van der Waals surface area contributed by atoms with Crippen LogP contribution in [0.2, 0.25) is 0 Å². The van der Waals surface area contributed by atoms with E-state index >= 15 is 0 Å². The van der Waals surface area contributed by atoms with E-state index < -0.39 is 31.5 Å². The Bertz CT molecular complexity index is 824. The highest BCUT2D eigenvalue weighted by molar-refractivity contribution is 7.90. The van der Waals surface area contributed by atoms with Gasteiger partial charge in [0.1, 0.15) is 5.75 Å². The molecule has 0 atom stereocenters. The van der Waals surface area contributed by atoms with E-state index in [0.29, 0.717) is 11.5 Å². The molecule has 9 heteroatoms. The molecular formula is C17H26N2O5S2. The summed E-state index contributed by atoms with van der Waals surface area (Å²) in [5.74, 6) is -0.581. The van der Waals surface area contributed by atoms with Crippen LogP contribution in [0.3, 0.4) is 0 Å². The second-order valence-corrected chi connectivity index (χ2v) is 10.8. The highest BCUT2D eigenvalue weighted by Gasteiger charge is 2.24. The van der Waals surface area contributed by atoms with Crippen LogP contribution in [-0.2, 0) is 31.2 Å². The Kier molecular flexibility index (Phi) is 6.81. The molecule has 0 aromatic heterocycles. The SMILES string of the molecule is CC1CCC(NS(=O)(=O)CC(=O)NCc2ccc(S(C)(=O)=O)cc2)CC1. The molecule has 0 saturated heterocycles. The van der Waals surface area contributed by atoms with Crippen molar-refractivity contribution in [3.8, 4) is 0 Å². The van der Waals surface area contributed by atoms with Crippen LogP contribution >= 0.6 is 0 Å². The van der Waals surface area contributed by atoms with Gasteiger partial charge in [-0.15, -0.1) is 0 Å². The van der Waals surface area contributed by atoms with Crippen molar-refractivity contribution in [3.63, 3.8) is 0 Å². The Morgan fingerprint density at radius 3 is 2.15 bits per heavy atom. The smallest absolute Gasteiger partial charge is 0.236 e. The fourth-order valence-electron chi connectivity index (χ4n) is 2.95. The monoisotopic (exact) mass is 402 g/mol. The number of benzene rings is 1. The first kappa shape index (κ1) is 20.9. The fraction of sp³-hybridized carbons (Fsp3) is 0.588. The predicted octanol–water partition coefficient (Wildman–Crippen LogP) is 1.20. The number of carbonyl (C=O) groups excluding carboxylic acids is 1. The van der Waals surface area contributed by atoms with Crippen LogP contribution < -0.4 is 10.0 Å². The summed E-state index contributed by atoms with van der Waals surface area (Å²) in [5.41, 5.74) is 0.692. The standard InChI is InChI=1S/C17H26N2O5S2/c1-13-3-7-15(8-4-13)19-26(23,24)12-17(20)18-11-14-5-9-16(10-6-14)25(2,21)22/h5-6,9-10,13,15,19H,3-4,7-8,11-12H2,1-2H3,(H,18,20). The summed E-state index contributed by atoms with van der Waals surface area (Å²) < 4.78 is 49.7. The zero-order valence-electron chi connectivity index (χ0n) is 15.1. The van der Waals surface area contributed by atoms with Gasteiger partial charge in [0.2, 0.25) is 15.9 Å². The van der Waals surface area contributed by atoms with E-state index in [1.807, 2.05) is 0 Å². The summed E-state index contributed by atoms with van der Waals surface area (Å²) in [6.45, 7) is 2.29. The van der Waals surface area contributed by atoms with Gasteiger partial charge in [-0.25, -0.2) is 21.6 Å². The molecule has 0 unspecified atom stereocenters. The van der Waals surface area contributed by atoms with E-state index in [0.717, 1.165) is 31.9 Å². The van der Waals surface area contributed by atoms with E-state index in [4.69, 9.17) is 0 Å². The van der Waals surface area contributed by atoms with E-state index in [2.05, 4.69) is 17.0 Å². The zero-order chi connectivity index (χ0) is 19.4. The highest BCUT2D eigenvalue weighted by Crippen LogP contribution is 2.23. The van der Waals surface area contributed by atoms with Gasteiger partial charge < -0.3 is 5.32 Å². The topological polar surface area (TPSA) is 109 Å². The lowest BCUT2D eigenvalue weighted by Crippen LogP contribution is -2.42. The molecule has 1 fully saturated rings. The molecule has 1 saturated carbocycles. The molecule has 1 aromatic rings. The molecule has 1 aliphatic carbocycles. The lowest BCUT2D eigenvalue weighted by atomic mass is 9.88. The highest BCUT2D eigenvalue weighted by atomic mass is 32.2. The van der Waals surface area contributed by atoms with Gasteiger partial charge in [0.05, 0.1) is 4.90 Å². The number of hydrogen-bond donors (Lipinski definition) is 2. The van der Waals surface area contributed by atoms with Gasteiger partial charge in [0, 0.05) is 18.8 Å². The van der Waals surface area contributed by atoms with Crippen LogP contribution in [0.5, 0.6) is 0 Å². The molecule has 0 spiro atoms. The predicted molar refractivity (Wildman–Crippen MR) is 99.7 cm³/mol. The average molecular weight is 403 g/mol. The van der Waals surface area contributed by atoms with Gasteiger partial charge in [-0.1, -0.05) is 19.1 Å². The minimum absolute atomic E-state index is 0.0902. The first-order chi connectivity index (χ1) is 12.0. The maximum atomic E-state index is 12.1. The normalized spacial score (nSPS) is 21.3. The number of hydrogen-bond acceptors (Lipinski definition) is 5. The van der Waals surface area contributed by atoms with Crippen molar-refractivity contribution in [2.45, 2.75) is 50.1 Å². The summed E-state index contributed by atoms with van der Waals surface area (Å²) in [5, 5.41) is 2.55. The Labute approximate surface area is 155 Å². The molecule has 1 amide bonds. The number of sulfone groups is 1. The first-order valence-electron chi connectivity index (χ1n) is 8.61. The summed E-state index contributed by atoms with van der Waals surface area (Å²) >= 11 is 0. The Morgan fingerprint density at radius 1 is 1.04 bits per heavy atom. The largest absolute Gasteiger partial charge is 0.351 e. The molecule has 0 bridgehead atoms. The van der Waals surface area contributed by atoms with Gasteiger partial charge in [-0.05, 0) is 49.3 Å². The van der Waals surface area contributed by atoms with Crippen molar-refractivity contribution in [2.75, 3.05) is 12.0 Å². The van der Waals surface area contributed by atoms with E-state index in [1.165, 1.54) is 12.1 Å². The van der Waals surface area contributed by atoms with Gasteiger partial charge in [-0.3, -0.25) is 4.79 Å². The van der Waals surface area contributed by atoms with Crippen molar-refractivity contribution in [1.29, 1.82) is 0 Å². The second kappa shape index (κ2) is 8.49. The van der Waals surface area contributed by atoms with Crippen LogP contribution in [-0.4, -0.2) is 40.8 Å². The quantitative estimate of drug-likeness (QED) is 0.712. The number of amides is 1. The van der Waals surface area contributed by atoms with Gasteiger partial charge in [0.25, 0.3) is 0 Å². The third-order valence-electron chi connectivity index (χ3n) is 4.52. The van der Waals surface area contributed by atoms with E-state index in [-0.39, 0.29) is 17.5 Å². The fourth-order valence-corrected chi connectivity index (χ4v) is 4.86. The maximum Gasteiger partial charge on any atom is 0.236 e. The van der Waals surface area contributed by atoms with Gasteiger partial charge >= 0.3 is 0 Å². The summed E-state index contributed by atoms with van der Waals surface area (Å²) in [6.07, 6.45) is 4.70. The molecule has 26 heavy (non-hydrogen) atoms. The summed E-state index contributed by atoms with van der Waals surface area (Å²) in [6, 6.07) is 6.00.